The molecule has 0 spiro atoms. The SMILES string of the molecule is CCCOC(=O)C1=C(C)NC(=O)NC1c1cc(Cl)c(OCCC)c(Cl)c1. The molecular weight excluding hydrogens is 379 g/mol. The first-order valence-electron chi connectivity index (χ1n) is 8.46. The van der Waals surface area contributed by atoms with Crippen molar-refractivity contribution in [1.82, 2.24) is 10.6 Å². The molecule has 1 aliphatic heterocycles. The van der Waals surface area contributed by atoms with Crippen LogP contribution in [0, 0.1) is 0 Å². The van der Waals surface area contributed by atoms with Crippen molar-refractivity contribution in [2.75, 3.05) is 13.2 Å². The number of allylic oxidation sites excluding steroid dienone is 1. The van der Waals surface area contributed by atoms with Gasteiger partial charge in [-0.1, -0.05) is 37.0 Å². The average molecular weight is 401 g/mol. The van der Waals surface area contributed by atoms with E-state index < -0.39 is 18.0 Å². The van der Waals surface area contributed by atoms with E-state index in [4.69, 9.17) is 32.7 Å². The van der Waals surface area contributed by atoms with Crippen LogP contribution in [0.1, 0.15) is 45.2 Å². The van der Waals surface area contributed by atoms with E-state index in [0.717, 1.165) is 6.42 Å². The van der Waals surface area contributed by atoms with E-state index in [1.165, 1.54) is 0 Å². The second kappa shape index (κ2) is 9.14. The molecule has 1 unspecified atom stereocenters. The number of urea groups is 1. The van der Waals surface area contributed by atoms with Crippen molar-refractivity contribution in [3.05, 3.63) is 39.0 Å². The smallest absolute Gasteiger partial charge is 0.338 e. The zero-order valence-corrected chi connectivity index (χ0v) is 16.5. The fourth-order valence-electron chi connectivity index (χ4n) is 2.58. The molecule has 0 saturated heterocycles. The molecular formula is C18H22Cl2N2O4. The van der Waals surface area contributed by atoms with Gasteiger partial charge in [-0.05, 0) is 37.5 Å². The highest BCUT2D eigenvalue weighted by Gasteiger charge is 2.33. The summed E-state index contributed by atoms with van der Waals surface area (Å²) in [5.41, 5.74) is 1.31. The van der Waals surface area contributed by atoms with Gasteiger partial charge in [0.15, 0.2) is 5.75 Å². The minimum Gasteiger partial charge on any atom is -0.490 e. The molecule has 142 valence electrons. The van der Waals surface area contributed by atoms with Crippen LogP contribution in [0.5, 0.6) is 5.75 Å². The predicted molar refractivity (Wildman–Crippen MR) is 101 cm³/mol. The lowest BCUT2D eigenvalue weighted by molar-refractivity contribution is -0.139. The zero-order valence-electron chi connectivity index (χ0n) is 14.9. The summed E-state index contributed by atoms with van der Waals surface area (Å²) in [6.07, 6.45) is 1.51. The largest absolute Gasteiger partial charge is 0.490 e. The predicted octanol–water partition coefficient (Wildman–Crippen LogP) is 4.36. The quantitative estimate of drug-likeness (QED) is 0.666. The number of hydrogen-bond acceptors (Lipinski definition) is 4. The Morgan fingerprint density at radius 3 is 2.35 bits per heavy atom. The lowest BCUT2D eigenvalue weighted by Crippen LogP contribution is -2.45. The van der Waals surface area contributed by atoms with Crippen molar-refractivity contribution in [1.29, 1.82) is 0 Å². The summed E-state index contributed by atoms with van der Waals surface area (Å²) in [7, 11) is 0. The number of carbonyl (C=O) groups is 2. The van der Waals surface area contributed by atoms with Gasteiger partial charge in [-0.3, -0.25) is 0 Å². The molecule has 0 saturated carbocycles. The topological polar surface area (TPSA) is 76.7 Å². The first-order valence-corrected chi connectivity index (χ1v) is 9.21. The van der Waals surface area contributed by atoms with Crippen molar-refractivity contribution in [3.63, 3.8) is 0 Å². The molecule has 1 atom stereocenters. The minimum atomic E-state index is -0.719. The van der Waals surface area contributed by atoms with E-state index >= 15 is 0 Å². The number of rotatable bonds is 7. The summed E-state index contributed by atoms with van der Waals surface area (Å²) in [6.45, 7) is 6.30. The van der Waals surface area contributed by atoms with Gasteiger partial charge in [0.05, 0.1) is 34.9 Å². The van der Waals surface area contributed by atoms with E-state index in [1.807, 2.05) is 13.8 Å². The summed E-state index contributed by atoms with van der Waals surface area (Å²) >= 11 is 12.6. The lowest BCUT2D eigenvalue weighted by Gasteiger charge is -2.28. The third-order valence-electron chi connectivity index (χ3n) is 3.73. The van der Waals surface area contributed by atoms with Gasteiger partial charge < -0.3 is 20.1 Å². The van der Waals surface area contributed by atoms with Crippen LogP contribution in [0.15, 0.2) is 23.4 Å². The van der Waals surface area contributed by atoms with E-state index in [0.29, 0.717) is 52.3 Å². The molecule has 26 heavy (non-hydrogen) atoms. The van der Waals surface area contributed by atoms with E-state index in [2.05, 4.69) is 10.6 Å². The van der Waals surface area contributed by atoms with Crippen LogP contribution >= 0.6 is 23.2 Å². The van der Waals surface area contributed by atoms with Crippen LogP contribution in [-0.4, -0.2) is 25.2 Å². The normalized spacial score (nSPS) is 16.8. The third-order valence-corrected chi connectivity index (χ3v) is 4.29. The Hall–Kier alpha value is -1.92. The van der Waals surface area contributed by atoms with Crippen LogP contribution in [-0.2, 0) is 9.53 Å². The van der Waals surface area contributed by atoms with Gasteiger partial charge in [-0.15, -0.1) is 0 Å². The average Bonchev–Trinajstić information content (AvgIpc) is 2.58. The highest BCUT2D eigenvalue weighted by Crippen LogP contribution is 2.38. The number of esters is 1. The molecule has 0 radical (unpaired) electrons. The zero-order chi connectivity index (χ0) is 19.3. The summed E-state index contributed by atoms with van der Waals surface area (Å²) in [5.74, 6) is -0.115. The van der Waals surface area contributed by atoms with E-state index in [1.54, 1.807) is 19.1 Å². The van der Waals surface area contributed by atoms with Gasteiger partial charge in [0.2, 0.25) is 0 Å². The molecule has 8 heteroatoms. The van der Waals surface area contributed by atoms with E-state index in [9.17, 15) is 9.59 Å². The number of halogens is 2. The van der Waals surface area contributed by atoms with Crippen LogP contribution in [0.25, 0.3) is 0 Å². The van der Waals surface area contributed by atoms with Crippen LogP contribution in [0.4, 0.5) is 4.79 Å². The number of nitrogens with one attached hydrogen (secondary N) is 2. The summed E-state index contributed by atoms with van der Waals surface area (Å²) in [6, 6.07) is 2.13. The molecule has 0 aromatic heterocycles. The number of hydrogen-bond donors (Lipinski definition) is 2. The third kappa shape index (κ3) is 4.62. The summed E-state index contributed by atoms with van der Waals surface area (Å²) < 4.78 is 10.8. The Bertz CT molecular complexity index is 711. The molecule has 6 nitrogen and oxygen atoms in total. The van der Waals surface area contributed by atoms with Crippen molar-refractivity contribution in [2.24, 2.45) is 0 Å². The fraction of sp³-hybridized carbons (Fsp3) is 0.444. The van der Waals surface area contributed by atoms with Crippen molar-refractivity contribution >= 4 is 35.2 Å². The van der Waals surface area contributed by atoms with E-state index in [-0.39, 0.29) is 0 Å². The molecule has 0 fully saturated rings. The lowest BCUT2D eigenvalue weighted by atomic mass is 9.95. The summed E-state index contributed by atoms with van der Waals surface area (Å²) in [4.78, 5) is 24.4. The van der Waals surface area contributed by atoms with Gasteiger partial charge in [0.25, 0.3) is 0 Å². The maximum atomic E-state index is 12.5. The molecule has 1 aromatic rings. The highest BCUT2D eigenvalue weighted by molar-refractivity contribution is 6.37. The van der Waals surface area contributed by atoms with Crippen LogP contribution < -0.4 is 15.4 Å². The van der Waals surface area contributed by atoms with Crippen LogP contribution in [0.3, 0.4) is 0 Å². The Morgan fingerprint density at radius 1 is 1.15 bits per heavy atom. The maximum Gasteiger partial charge on any atom is 0.338 e. The molecule has 2 amide bonds. The van der Waals surface area contributed by atoms with Gasteiger partial charge >= 0.3 is 12.0 Å². The van der Waals surface area contributed by atoms with Gasteiger partial charge in [-0.2, -0.15) is 0 Å². The van der Waals surface area contributed by atoms with Gasteiger partial charge in [0.1, 0.15) is 0 Å². The van der Waals surface area contributed by atoms with Crippen molar-refractivity contribution < 1.29 is 19.1 Å². The number of carbonyl (C=O) groups excluding carboxylic acids is 2. The first kappa shape index (κ1) is 20.4. The Kier molecular flexibility index (Phi) is 7.17. The Balaban J connectivity index is 2.41. The van der Waals surface area contributed by atoms with Crippen molar-refractivity contribution in [3.8, 4) is 5.75 Å². The molecule has 1 aliphatic rings. The molecule has 1 heterocycles. The van der Waals surface area contributed by atoms with Crippen molar-refractivity contribution in [2.45, 2.75) is 39.7 Å². The summed E-state index contributed by atoms with van der Waals surface area (Å²) in [5, 5.41) is 5.94. The second-order valence-corrected chi connectivity index (χ2v) is 6.68. The standard InChI is InChI=1S/C18H22Cl2N2O4/c1-4-6-25-16-12(19)8-11(9-13(16)20)15-14(17(23)26-7-5-2)10(3)21-18(24)22-15/h8-9,15H,4-7H2,1-3H3,(H2,21,22,24). The monoisotopic (exact) mass is 400 g/mol. The molecule has 0 aliphatic carbocycles. The molecule has 0 bridgehead atoms. The Morgan fingerprint density at radius 2 is 1.77 bits per heavy atom. The molecule has 2 N–H and O–H groups in total. The van der Waals surface area contributed by atoms with Gasteiger partial charge in [0, 0.05) is 5.70 Å². The fourth-order valence-corrected chi connectivity index (χ4v) is 3.19. The number of amides is 2. The minimum absolute atomic E-state index is 0.293. The highest BCUT2D eigenvalue weighted by atomic mass is 35.5. The molecule has 2 rings (SSSR count). The Labute approximate surface area is 162 Å². The number of ether oxygens (including phenoxy) is 2. The van der Waals surface area contributed by atoms with Crippen LogP contribution in [0.2, 0.25) is 10.0 Å². The second-order valence-electron chi connectivity index (χ2n) is 5.87. The maximum absolute atomic E-state index is 12.5. The van der Waals surface area contributed by atoms with Gasteiger partial charge in [-0.25, -0.2) is 9.59 Å². The first-order chi connectivity index (χ1) is 12.4. The number of benzene rings is 1. The molecule has 1 aromatic carbocycles.